The van der Waals surface area contributed by atoms with E-state index < -0.39 is 11.7 Å². The van der Waals surface area contributed by atoms with Gasteiger partial charge < -0.3 is 0 Å². The smallest absolute Gasteiger partial charge is 0.233 e. The Bertz CT molecular complexity index is 482. The van der Waals surface area contributed by atoms with E-state index in [0.717, 1.165) is 12.1 Å². The Morgan fingerprint density at radius 3 is 2.50 bits per heavy atom. The van der Waals surface area contributed by atoms with Gasteiger partial charge in [-0.1, -0.05) is 12.1 Å². The van der Waals surface area contributed by atoms with Gasteiger partial charge in [-0.25, -0.2) is 4.98 Å². The lowest BCUT2D eigenvalue weighted by Crippen LogP contribution is -2.04. The van der Waals surface area contributed by atoms with E-state index in [1.807, 2.05) is 0 Å². The molecule has 82 valence electrons. The molecule has 0 aliphatic heterocycles. The summed E-state index contributed by atoms with van der Waals surface area (Å²) in [6.45, 7) is 0. The molecule has 0 aliphatic rings. The third-order valence-corrected chi connectivity index (χ3v) is 1.93. The molecule has 0 saturated heterocycles. The van der Waals surface area contributed by atoms with Crippen molar-refractivity contribution in [2.75, 3.05) is 0 Å². The van der Waals surface area contributed by atoms with Crippen LogP contribution in [0.5, 0.6) is 0 Å². The van der Waals surface area contributed by atoms with Crippen LogP contribution in [0.2, 0.25) is 0 Å². The second kappa shape index (κ2) is 3.88. The second-order valence-electron chi connectivity index (χ2n) is 3.04. The van der Waals surface area contributed by atoms with Gasteiger partial charge in [-0.3, -0.25) is 0 Å². The number of halogens is 3. The first kappa shape index (κ1) is 10.5. The molecule has 2 rings (SSSR count). The fourth-order valence-electron chi connectivity index (χ4n) is 1.21. The third kappa shape index (κ3) is 2.16. The van der Waals surface area contributed by atoms with Gasteiger partial charge in [-0.15, -0.1) is 5.10 Å². The van der Waals surface area contributed by atoms with E-state index in [4.69, 9.17) is 0 Å². The minimum atomic E-state index is -4.36. The molecule has 0 atom stereocenters. The maximum absolute atomic E-state index is 12.4. The van der Waals surface area contributed by atoms with Crippen molar-refractivity contribution < 1.29 is 13.2 Å². The van der Waals surface area contributed by atoms with Gasteiger partial charge in [0.2, 0.25) is 0 Å². The van der Waals surface area contributed by atoms with Crippen molar-refractivity contribution >= 4 is 0 Å². The Balaban J connectivity index is 2.45. The quantitative estimate of drug-likeness (QED) is 0.748. The van der Waals surface area contributed by atoms with E-state index in [1.165, 1.54) is 24.5 Å². The first-order valence-electron chi connectivity index (χ1n) is 4.39. The fourth-order valence-corrected chi connectivity index (χ4v) is 1.21. The predicted molar refractivity (Wildman–Crippen MR) is 50.3 cm³/mol. The first-order valence-corrected chi connectivity index (χ1v) is 4.39. The molecule has 0 saturated carbocycles. The summed E-state index contributed by atoms with van der Waals surface area (Å²) < 4.78 is 37.3. The summed E-state index contributed by atoms with van der Waals surface area (Å²) >= 11 is 0. The van der Waals surface area contributed by atoms with Crippen molar-refractivity contribution in [1.82, 2.24) is 15.2 Å². The molecule has 16 heavy (non-hydrogen) atoms. The molecule has 0 amide bonds. The molecule has 0 radical (unpaired) electrons. The molecule has 0 N–H and O–H groups in total. The predicted octanol–water partition coefficient (Wildman–Crippen LogP) is 2.56. The fraction of sp³-hybridized carbons (Fsp3) is 0.100. The standard InChI is InChI=1S/C10H6F3N3/c11-10(12,13)8-3-1-2-7(6-8)9-14-4-5-15-16-9/h1-6H. The second-order valence-corrected chi connectivity index (χ2v) is 3.04. The average molecular weight is 225 g/mol. The van der Waals surface area contributed by atoms with Crippen LogP contribution in [-0.4, -0.2) is 15.2 Å². The molecule has 1 aromatic carbocycles. The van der Waals surface area contributed by atoms with E-state index in [1.54, 1.807) is 0 Å². The molecule has 1 aromatic heterocycles. The highest BCUT2D eigenvalue weighted by atomic mass is 19.4. The SMILES string of the molecule is FC(F)(F)c1cccc(-c2nccnn2)c1. The summed E-state index contributed by atoms with van der Waals surface area (Å²) in [4.78, 5) is 3.83. The number of alkyl halides is 3. The van der Waals surface area contributed by atoms with Gasteiger partial charge in [-0.05, 0) is 12.1 Å². The molecule has 0 unspecified atom stereocenters. The van der Waals surface area contributed by atoms with Crippen LogP contribution in [0, 0.1) is 0 Å². The van der Waals surface area contributed by atoms with Crippen LogP contribution in [0.1, 0.15) is 5.56 Å². The van der Waals surface area contributed by atoms with E-state index >= 15 is 0 Å². The highest BCUT2D eigenvalue weighted by Gasteiger charge is 2.30. The van der Waals surface area contributed by atoms with Crippen LogP contribution in [0.3, 0.4) is 0 Å². The lowest BCUT2D eigenvalue weighted by Gasteiger charge is -2.07. The molecule has 0 fully saturated rings. The summed E-state index contributed by atoms with van der Waals surface area (Å²) in [6, 6.07) is 4.82. The summed E-state index contributed by atoms with van der Waals surface area (Å²) in [6.07, 6.45) is -1.63. The molecule has 0 spiro atoms. The van der Waals surface area contributed by atoms with Crippen molar-refractivity contribution in [2.45, 2.75) is 6.18 Å². The minimum absolute atomic E-state index is 0.175. The molecular weight excluding hydrogens is 219 g/mol. The summed E-state index contributed by atoms with van der Waals surface area (Å²) in [5.41, 5.74) is -0.430. The molecule has 3 nitrogen and oxygen atoms in total. The van der Waals surface area contributed by atoms with Gasteiger partial charge in [0, 0.05) is 11.8 Å². The van der Waals surface area contributed by atoms with Crippen LogP contribution in [0.15, 0.2) is 36.7 Å². The lowest BCUT2D eigenvalue weighted by molar-refractivity contribution is -0.137. The van der Waals surface area contributed by atoms with Crippen LogP contribution >= 0.6 is 0 Å². The summed E-state index contributed by atoms with van der Waals surface area (Å²) in [5.74, 6) is 0.175. The Morgan fingerprint density at radius 1 is 1.06 bits per heavy atom. The largest absolute Gasteiger partial charge is 0.416 e. The highest BCUT2D eigenvalue weighted by molar-refractivity contribution is 5.55. The molecule has 2 aromatic rings. The Morgan fingerprint density at radius 2 is 1.88 bits per heavy atom. The molecule has 0 bridgehead atoms. The van der Waals surface area contributed by atoms with E-state index in [0.29, 0.717) is 5.56 Å². The monoisotopic (exact) mass is 225 g/mol. The average Bonchev–Trinajstić information content (AvgIpc) is 2.29. The van der Waals surface area contributed by atoms with Crippen molar-refractivity contribution in [3.63, 3.8) is 0 Å². The van der Waals surface area contributed by atoms with Crippen molar-refractivity contribution in [1.29, 1.82) is 0 Å². The number of aromatic nitrogens is 3. The lowest BCUT2D eigenvalue weighted by atomic mass is 10.1. The first-order chi connectivity index (χ1) is 7.57. The molecule has 1 heterocycles. The van der Waals surface area contributed by atoms with Gasteiger partial charge in [-0.2, -0.15) is 18.3 Å². The van der Waals surface area contributed by atoms with Crippen LogP contribution in [0.4, 0.5) is 13.2 Å². The normalized spacial score (nSPS) is 11.4. The summed E-state index contributed by atoms with van der Waals surface area (Å²) in [5, 5.41) is 7.20. The maximum atomic E-state index is 12.4. The van der Waals surface area contributed by atoms with Crippen LogP contribution in [0.25, 0.3) is 11.4 Å². The van der Waals surface area contributed by atoms with Crippen molar-refractivity contribution in [2.24, 2.45) is 0 Å². The molecular formula is C10H6F3N3. The third-order valence-electron chi connectivity index (χ3n) is 1.93. The zero-order chi connectivity index (χ0) is 11.6. The maximum Gasteiger partial charge on any atom is 0.416 e. The van der Waals surface area contributed by atoms with Gasteiger partial charge in [0.05, 0.1) is 11.8 Å². The van der Waals surface area contributed by atoms with Gasteiger partial charge in [0.1, 0.15) is 0 Å². The van der Waals surface area contributed by atoms with Crippen molar-refractivity contribution in [3.8, 4) is 11.4 Å². The molecule has 6 heteroatoms. The number of hydrogen-bond acceptors (Lipinski definition) is 3. The molecule has 0 aliphatic carbocycles. The Hall–Kier alpha value is -1.98. The summed E-state index contributed by atoms with van der Waals surface area (Å²) in [7, 11) is 0. The van der Waals surface area contributed by atoms with Gasteiger partial charge >= 0.3 is 6.18 Å². The number of benzene rings is 1. The zero-order valence-corrected chi connectivity index (χ0v) is 7.94. The van der Waals surface area contributed by atoms with E-state index in [2.05, 4.69) is 15.2 Å². The zero-order valence-electron chi connectivity index (χ0n) is 7.94. The van der Waals surface area contributed by atoms with Crippen LogP contribution in [-0.2, 0) is 6.18 Å². The van der Waals surface area contributed by atoms with E-state index in [-0.39, 0.29) is 5.82 Å². The Labute approximate surface area is 89.0 Å². The Kier molecular flexibility index (Phi) is 2.55. The number of rotatable bonds is 1. The minimum Gasteiger partial charge on any atom is -0.233 e. The van der Waals surface area contributed by atoms with Gasteiger partial charge in [0.25, 0.3) is 0 Å². The van der Waals surface area contributed by atoms with Crippen molar-refractivity contribution in [3.05, 3.63) is 42.2 Å². The highest BCUT2D eigenvalue weighted by Crippen LogP contribution is 2.31. The number of nitrogens with zero attached hydrogens (tertiary/aromatic N) is 3. The van der Waals surface area contributed by atoms with Crippen LogP contribution < -0.4 is 0 Å². The topological polar surface area (TPSA) is 38.7 Å². The van der Waals surface area contributed by atoms with Gasteiger partial charge in [0.15, 0.2) is 5.82 Å². The number of hydrogen-bond donors (Lipinski definition) is 0. The van der Waals surface area contributed by atoms with E-state index in [9.17, 15) is 13.2 Å².